The Bertz CT molecular complexity index is 900. The molecule has 0 fully saturated rings. The fraction of sp³-hybridized carbons (Fsp3) is 0.375. The number of hydrogen-bond donors (Lipinski definition) is 0. The van der Waals surface area contributed by atoms with Crippen molar-refractivity contribution in [2.24, 2.45) is 0 Å². The van der Waals surface area contributed by atoms with E-state index in [0.717, 1.165) is 38.6 Å². The molecule has 0 aliphatic carbocycles. The summed E-state index contributed by atoms with van der Waals surface area (Å²) in [5.74, 6) is 0.699. The van der Waals surface area contributed by atoms with Crippen LogP contribution in [0.25, 0.3) is 5.57 Å². The maximum absolute atomic E-state index is 11.6. The van der Waals surface area contributed by atoms with Crippen molar-refractivity contribution in [3.05, 3.63) is 69.2 Å². The number of hydrogen-bond acceptors (Lipinski definition) is 4. The third-order valence-electron chi connectivity index (χ3n) is 5.30. The molecule has 0 saturated carbocycles. The third-order valence-corrected chi connectivity index (χ3v) is 5.55. The molecule has 1 aliphatic heterocycles. The van der Waals surface area contributed by atoms with E-state index in [0.29, 0.717) is 39.3 Å². The van der Waals surface area contributed by atoms with E-state index in [-0.39, 0.29) is 5.97 Å². The SMILES string of the molecule is CCOC(=O)CCc1ccc(OCC2=C(c3ccc(Cl)cc3)COC2)c(C)c1C. The van der Waals surface area contributed by atoms with Crippen LogP contribution in [0.15, 0.2) is 42.0 Å². The van der Waals surface area contributed by atoms with Gasteiger partial charge in [0.1, 0.15) is 12.4 Å². The number of halogens is 1. The molecular weight excluding hydrogens is 388 g/mol. The van der Waals surface area contributed by atoms with Gasteiger partial charge in [0.05, 0.1) is 19.8 Å². The minimum absolute atomic E-state index is 0.159. The van der Waals surface area contributed by atoms with Gasteiger partial charge >= 0.3 is 5.97 Å². The number of esters is 1. The number of ether oxygens (including phenoxy) is 3. The van der Waals surface area contributed by atoms with Gasteiger partial charge in [0.25, 0.3) is 0 Å². The van der Waals surface area contributed by atoms with Gasteiger partial charge < -0.3 is 14.2 Å². The molecule has 2 aromatic rings. The first-order valence-electron chi connectivity index (χ1n) is 9.91. The van der Waals surface area contributed by atoms with Crippen molar-refractivity contribution in [3.63, 3.8) is 0 Å². The van der Waals surface area contributed by atoms with Crippen LogP contribution in [0.1, 0.15) is 35.6 Å². The molecule has 0 saturated heterocycles. The van der Waals surface area contributed by atoms with Crippen LogP contribution in [-0.4, -0.2) is 32.4 Å². The molecule has 5 heteroatoms. The lowest BCUT2D eigenvalue weighted by atomic mass is 9.98. The largest absolute Gasteiger partial charge is 0.489 e. The Hall–Kier alpha value is -2.30. The summed E-state index contributed by atoms with van der Waals surface area (Å²) in [7, 11) is 0. The Morgan fingerprint density at radius 1 is 1.07 bits per heavy atom. The topological polar surface area (TPSA) is 44.8 Å². The van der Waals surface area contributed by atoms with Gasteiger partial charge in [-0.1, -0.05) is 29.8 Å². The summed E-state index contributed by atoms with van der Waals surface area (Å²) in [4.78, 5) is 11.6. The lowest BCUT2D eigenvalue weighted by molar-refractivity contribution is -0.143. The van der Waals surface area contributed by atoms with Crippen LogP contribution in [0.5, 0.6) is 5.75 Å². The van der Waals surface area contributed by atoms with E-state index < -0.39 is 0 Å². The Morgan fingerprint density at radius 3 is 2.55 bits per heavy atom. The van der Waals surface area contributed by atoms with E-state index in [1.54, 1.807) is 0 Å². The molecule has 0 bridgehead atoms. The first-order valence-corrected chi connectivity index (χ1v) is 10.3. The van der Waals surface area contributed by atoms with Gasteiger partial charge in [-0.3, -0.25) is 4.79 Å². The maximum atomic E-state index is 11.6. The number of carbonyl (C=O) groups is 1. The number of aryl methyl sites for hydroxylation is 1. The van der Waals surface area contributed by atoms with Crippen LogP contribution in [0, 0.1) is 13.8 Å². The van der Waals surface area contributed by atoms with E-state index in [4.69, 9.17) is 25.8 Å². The Labute approximate surface area is 177 Å². The highest BCUT2D eigenvalue weighted by atomic mass is 35.5. The highest BCUT2D eigenvalue weighted by Gasteiger charge is 2.18. The monoisotopic (exact) mass is 414 g/mol. The Balaban J connectivity index is 1.68. The predicted molar refractivity (Wildman–Crippen MR) is 116 cm³/mol. The summed E-state index contributed by atoms with van der Waals surface area (Å²) in [5, 5.41) is 0.722. The second-order valence-corrected chi connectivity index (χ2v) is 7.58. The first-order chi connectivity index (χ1) is 14.0. The number of rotatable bonds is 8. The van der Waals surface area contributed by atoms with Gasteiger partial charge in [-0.25, -0.2) is 0 Å². The van der Waals surface area contributed by atoms with E-state index in [2.05, 4.69) is 13.8 Å². The fourth-order valence-corrected chi connectivity index (χ4v) is 3.57. The highest BCUT2D eigenvalue weighted by molar-refractivity contribution is 6.30. The summed E-state index contributed by atoms with van der Waals surface area (Å²) in [6.07, 6.45) is 1.06. The molecule has 0 N–H and O–H groups in total. The Kier molecular flexibility index (Phi) is 7.34. The fourth-order valence-electron chi connectivity index (χ4n) is 3.45. The zero-order valence-electron chi connectivity index (χ0n) is 17.2. The van der Waals surface area contributed by atoms with Crippen molar-refractivity contribution in [2.75, 3.05) is 26.4 Å². The average molecular weight is 415 g/mol. The number of benzene rings is 2. The Morgan fingerprint density at radius 2 is 1.83 bits per heavy atom. The minimum atomic E-state index is -0.159. The molecule has 1 aliphatic rings. The van der Waals surface area contributed by atoms with Crippen LogP contribution in [0.3, 0.4) is 0 Å². The van der Waals surface area contributed by atoms with Crippen molar-refractivity contribution in [2.45, 2.75) is 33.6 Å². The summed E-state index contributed by atoms with van der Waals surface area (Å²) < 4.78 is 16.8. The van der Waals surface area contributed by atoms with E-state index in [1.807, 2.05) is 43.3 Å². The molecule has 0 spiro atoms. The van der Waals surface area contributed by atoms with Crippen LogP contribution in [0.2, 0.25) is 5.02 Å². The molecule has 154 valence electrons. The van der Waals surface area contributed by atoms with Crippen molar-refractivity contribution in [3.8, 4) is 5.75 Å². The van der Waals surface area contributed by atoms with Gasteiger partial charge in [0, 0.05) is 11.4 Å². The zero-order valence-corrected chi connectivity index (χ0v) is 18.0. The van der Waals surface area contributed by atoms with Gasteiger partial charge in [-0.2, -0.15) is 0 Å². The van der Waals surface area contributed by atoms with E-state index >= 15 is 0 Å². The standard InChI is InChI=1S/C24H27ClO4/c1-4-28-24(26)12-8-18-7-11-23(17(3)16(18)2)29-14-20-13-27-15-22(20)19-5-9-21(25)10-6-19/h5-7,9-11H,4,8,12-15H2,1-3H3. The van der Waals surface area contributed by atoms with Crippen molar-refractivity contribution in [1.82, 2.24) is 0 Å². The van der Waals surface area contributed by atoms with Crippen molar-refractivity contribution in [1.29, 1.82) is 0 Å². The van der Waals surface area contributed by atoms with Crippen LogP contribution in [-0.2, 0) is 20.7 Å². The molecule has 0 aromatic heterocycles. The summed E-state index contributed by atoms with van der Waals surface area (Å²) in [6.45, 7) is 8.01. The lowest BCUT2D eigenvalue weighted by Gasteiger charge is -2.15. The molecule has 0 unspecified atom stereocenters. The number of carbonyl (C=O) groups excluding carboxylic acids is 1. The maximum Gasteiger partial charge on any atom is 0.306 e. The quantitative estimate of drug-likeness (QED) is 0.548. The highest BCUT2D eigenvalue weighted by Crippen LogP contribution is 2.29. The van der Waals surface area contributed by atoms with Gasteiger partial charge in [0.15, 0.2) is 0 Å². The first kappa shape index (κ1) is 21.4. The van der Waals surface area contributed by atoms with E-state index in [1.165, 1.54) is 5.57 Å². The molecule has 4 nitrogen and oxygen atoms in total. The van der Waals surface area contributed by atoms with Crippen LogP contribution in [0.4, 0.5) is 0 Å². The van der Waals surface area contributed by atoms with Gasteiger partial charge in [-0.15, -0.1) is 0 Å². The van der Waals surface area contributed by atoms with E-state index in [9.17, 15) is 4.79 Å². The average Bonchev–Trinajstić information content (AvgIpc) is 3.18. The molecular formula is C24H27ClO4. The third kappa shape index (κ3) is 5.40. The second kappa shape index (κ2) is 9.95. The van der Waals surface area contributed by atoms with Gasteiger partial charge in [-0.05, 0) is 78.8 Å². The summed E-state index contributed by atoms with van der Waals surface area (Å²) in [5.41, 5.74) is 6.83. The molecule has 1 heterocycles. The second-order valence-electron chi connectivity index (χ2n) is 7.15. The summed E-state index contributed by atoms with van der Waals surface area (Å²) in [6, 6.07) is 11.8. The lowest BCUT2D eigenvalue weighted by Crippen LogP contribution is -2.08. The molecule has 0 atom stereocenters. The predicted octanol–water partition coefficient (Wildman–Crippen LogP) is 5.32. The molecule has 0 radical (unpaired) electrons. The zero-order chi connectivity index (χ0) is 20.8. The smallest absolute Gasteiger partial charge is 0.306 e. The normalized spacial score (nSPS) is 13.7. The van der Waals surface area contributed by atoms with Crippen molar-refractivity contribution < 1.29 is 19.0 Å². The molecule has 29 heavy (non-hydrogen) atoms. The van der Waals surface area contributed by atoms with Crippen molar-refractivity contribution >= 4 is 23.1 Å². The van der Waals surface area contributed by atoms with Crippen LogP contribution >= 0.6 is 11.6 Å². The minimum Gasteiger partial charge on any atom is -0.489 e. The van der Waals surface area contributed by atoms with Gasteiger partial charge in [0.2, 0.25) is 0 Å². The summed E-state index contributed by atoms with van der Waals surface area (Å²) >= 11 is 6.00. The molecule has 0 amide bonds. The molecule has 3 rings (SSSR count). The van der Waals surface area contributed by atoms with Crippen LogP contribution < -0.4 is 4.74 Å². The molecule has 2 aromatic carbocycles.